The van der Waals surface area contributed by atoms with Gasteiger partial charge in [0.15, 0.2) is 12.4 Å². The number of aromatic nitrogens is 1. The molecule has 0 unspecified atom stereocenters. The van der Waals surface area contributed by atoms with E-state index in [1.54, 1.807) is 0 Å². The van der Waals surface area contributed by atoms with E-state index < -0.39 is 0 Å². The van der Waals surface area contributed by atoms with Crippen LogP contribution < -0.4 is 21.5 Å². The van der Waals surface area contributed by atoms with Gasteiger partial charge in [-0.2, -0.15) is 0 Å². The predicted octanol–water partition coefficient (Wildman–Crippen LogP) is 6.86. The summed E-state index contributed by atoms with van der Waals surface area (Å²) in [4.78, 5) is 0. The van der Waals surface area contributed by atoms with Crippen molar-refractivity contribution in [1.82, 2.24) is 0 Å². The monoisotopic (exact) mass is 539 g/mol. The zero-order chi connectivity index (χ0) is 24.1. The molecule has 2 heteroatoms. The Balaban J connectivity index is 0.00000612. The predicted molar refractivity (Wildman–Crippen MR) is 150 cm³/mol. The third-order valence-corrected chi connectivity index (χ3v) is 6.84. The summed E-state index contributed by atoms with van der Waals surface area (Å²) in [7, 11) is 0. The summed E-state index contributed by atoms with van der Waals surface area (Å²) in [5, 5.41) is 0. The zero-order valence-corrected chi connectivity index (χ0v) is 24.0. The minimum absolute atomic E-state index is 0. The van der Waals surface area contributed by atoms with Gasteiger partial charge in [-0.25, -0.2) is 4.57 Å². The van der Waals surface area contributed by atoms with Gasteiger partial charge in [-0.3, -0.25) is 0 Å². The van der Waals surface area contributed by atoms with E-state index in [1.807, 2.05) is 6.08 Å². The first kappa shape index (κ1) is 31.4. The van der Waals surface area contributed by atoms with E-state index in [0.29, 0.717) is 0 Å². The Hall–Kier alpha value is -1.67. The van der Waals surface area contributed by atoms with Crippen molar-refractivity contribution in [3.05, 3.63) is 84.7 Å². The van der Waals surface area contributed by atoms with Gasteiger partial charge in [-0.05, 0) is 23.1 Å². The standard InChI is InChI=1S/C33H50N.BrH/c1-3-5-6-7-8-9-10-11-12-13-14-15-16-17-18-22-28-34-29-26-32(27-30-34)33(23-4-2)31-24-20-19-21-25-31;/h4,19-21,23-27,29-30H,2-3,5-18,22,28H2,1H3;1H/q+1;/p-1/b33-23+;. The van der Waals surface area contributed by atoms with Gasteiger partial charge in [0.1, 0.15) is 6.54 Å². The number of hydrogen-bond acceptors (Lipinski definition) is 0. The molecule has 0 aliphatic carbocycles. The Morgan fingerprint density at radius 2 is 1.06 bits per heavy atom. The van der Waals surface area contributed by atoms with E-state index in [2.05, 4.69) is 79.0 Å². The van der Waals surface area contributed by atoms with E-state index in [4.69, 9.17) is 0 Å². The highest BCUT2D eigenvalue weighted by Gasteiger charge is 2.07. The van der Waals surface area contributed by atoms with Crippen LogP contribution in [0.5, 0.6) is 0 Å². The van der Waals surface area contributed by atoms with E-state index >= 15 is 0 Å². The smallest absolute Gasteiger partial charge is 0.169 e. The van der Waals surface area contributed by atoms with Crippen LogP contribution in [-0.4, -0.2) is 0 Å². The Labute approximate surface area is 227 Å². The van der Waals surface area contributed by atoms with Gasteiger partial charge in [0, 0.05) is 18.6 Å². The molecule has 1 heterocycles. The highest BCUT2D eigenvalue weighted by atomic mass is 79.9. The van der Waals surface area contributed by atoms with E-state index in [9.17, 15) is 0 Å². The minimum Gasteiger partial charge on any atom is -1.00 e. The van der Waals surface area contributed by atoms with Crippen LogP contribution in [0.3, 0.4) is 0 Å². The number of hydrogen-bond donors (Lipinski definition) is 0. The molecule has 0 spiro atoms. The Morgan fingerprint density at radius 1 is 0.629 bits per heavy atom. The van der Waals surface area contributed by atoms with Crippen molar-refractivity contribution in [2.75, 3.05) is 0 Å². The number of benzene rings is 1. The molecule has 0 amide bonds. The second-order valence-corrected chi connectivity index (χ2v) is 9.81. The van der Waals surface area contributed by atoms with Crippen LogP contribution in [0.2, 0.25) is 0 Å². The Morgan fingerprint density at radius 3 is 1.51 bits per heavy atom. The number of pyridine rings is 1. The number of rotatable bonds is 20. The quantitative estimate of drug-likeness (QED) is 0.0982. The summed E-state index contributed by atoms with van der Waals surface area (Å²) >= 11 is 0. The summed E-state index contributed by atoms with van der Waals surface area (Å²) < 4.78 is 2.32. The topological polar surface area (TPSA) is 3.88 Å². The maximum absolute atomic E-state index is 3.89. The van der Waals surface area contributed by atoms with Crippen LogP contribution in [0.25, 0.3) is 5.57 Å². The molecule has 0 aliphatic heterocycles. The van der Waals surface area contributed by atoms with Crippen molar-refractivity contribution in [2.45, 2.75) is 116 Å². The second kappa shape index (κ2) is 21.6. The van der Waals surface area contributed by atoms with E-state index in [1.165, 1.54) is 119 Å². The molecule has 0 fully saturated rings. The lowest BCUT2D eigenvalue weighted by Crippen LogP contribution is -3.00. The maximum atomic E-state index is 3.89. The van der Waals surface area contributed by atoms with Crippen molar-refractivity contribution >= 4 is 5.57 Å². The molecule has 194 valence electrons. The molecule has 1 nitrogen and oxygen atoms in total. The van der Waals surface area contributed by atoms with Crippen LogP contribution >= 0.6 is 0 Å². The molecule has 2 rings (SSSR count). The summed E-state index contributed by atoms with van der Waals surface area (Å²) in [6.07, 6.45) is 31.1. The fourth-order valence-corrected chi connectivity index (χ4v) is 4.72. The lowest BCUT2D eigenvalue weighted by atomic mass is 9.98. The van der Waals surface area contributed by atoms with E-state index in [0.717, 1.165) is 6.54 Å². The maximum Gasteiger partial charge on any atom is 0.169 e. The lowest BCUT2D eigenvalue weighted by Gasteiger charge is -2.07. The lowest BCUT2D eigenvalue weighted by molar-refractivity contribution is -0.697. The van der Waals surface area contributed by atoms with Crippen molar-refractivity contribution in [1.29, 1.82) is 0 Å². The average molecular weight is 541 g/mol. The largest absolute Gasteiger partial charge is 1.00 e. The second-order valence-electron chi connectivity index (χ2n) is 9.81. The molecule has 0 saturated carbocycles. The highest BCUT2D eigenvalue weighted by molar-refractivity contribution is 5.80. The molecular weight excluding hydrogens is 490 g/mol. The van der Waals surface area contributed by atoms with Crippen LogP contribution in [0.15, 0.2) is 73.6 Å². The van der Waals surface area contributed by atoms with E-state index in [-0.39, 0.29) is 17.0 Å². The molecule has 0 bridgehead atoms. The molecule has 0 radical (unpaired) electrons. The van der Waals surface area contributed by atoms with Crippen molar-refractivity contribution < 1.29 is 21.5 Å². The first-order valence-corrected chi connectivity index (χ1v) is 14.2. The van der Waals surface area contributed by atoms with Crippen LogP contribution in [0, 0.1) is 0 Å². The number of unbranched alkanes of at least 4 members (excludes halogenated alkanes) is 15. The van der Waals surface area contributed by atoms with Gasteiger partial charge in [0.05, 0.1) is 0 Å². The van der Waals surface area contributed by atoms with Gasteiger partial charge in [-0.15, -0.1) is 0 Å². The molecule has 2 aromatic rings. The summed E-state index contributed by atoms with van der Waals surface area (Å²) in [5.41, 5.74) is 3.71. The number of aryl methyl sites for hydroxylation is 1. The van der Waals surface area contributed by atoms with Crippen molar-refractivity contribution in [2.24, 2.45) is 0 Å². The third kappa shape index (κ3) is 14.5. The molecule has 0 aliphatic rings. The highest BCUT2D eigenvalue weighted by Crippen LogP contribution is 2.22. The molecule has 0 N–H and O–H groups in total. The average Bonchev–Trinajstić information content (AvgIpc) is 2.88. The molecule has 35 heavy (non-hydrogen) atoms. The third-order valence-electron chi connectivity index (χ3n) is 6.84. The van der Waals surface area contributed by atoms with Crippen molar-refractivity contribution in [3.8, 4) is 0 Å². The summed E-state index contributed by atoms with van der Waals surface area (Å²) in [5.74, 6) is 0. The molecule has 1 aromatic heterocycles. The SMILES string of the molecule is C=C/C=C(\c1ccccc1)c1cc[n+](CCCCCCCCCCCCCCCCCC)cc1.[Br-]. The van der Waals surface area contributed by atoms with Gasteiger partial charge in [0.25, 0.3) is 0 Å². The van der Waals surface area contributed by atoms with Crippen LogP contribution in [-0.2, 0) is 6.54 Å². The van der Waals surface area contributed by atoms with Gasteiger partial charge in [0.2, 0.25) is 0 Å². The molecular formula is C33H50BrN. The number of allylic oxidation sites excluding steroid dienone is 2. The summed E-state index contributed by atoms with van der Waals surface area (Å²) in [6.45, 7) is 7.31. The van der Waals surface area contributed by atoms with Gasteiger partial charge in [-0.1, -0.05) is 146 Å². The Bertz CT molecular complexity index is 779. The molecule has 0 atom stereocenters. The van der Waals surface area contributed by atoms with Gasteiger partial charge >= 0.3 is 0 Å². The first-order chi connectivity index (χ1) is 16.8. The zero-order valence-electron chi connectivity index (χ0n) is 22.4. The Kier molecular flexibility index (Phi) is 19.4. The fourth-order valence-electron chi connectivity index (χ4n) is 4.72. The number of nitrogens with zero attached hydrogens (tertiary/aromatic N) is 1. The fraction of sp³-hybridized carbons (Fsp3) is 0.545. The van der Waals surface area contributed by atoms with Crippen LogP contribution in [0.4, 0.5) is 0 Å². The summed E-state index contributed by atoms with van der Waals surface area (Å²) in [6, 6.07) is 15.0. The molecule has 0 saturated heterocycles. The van der Waals surface area contributed by atoms with Crippen molar-refractivity contribution in [3.63, 3.8) is 0 Å². The van der Waals surface area contributed by atoms with Gasteiger partial charge < -0.3 is 17.0 Å². The number of halogens is 1. The normalized spacial score (nSPS) is 11.3. The van der Waals surface area contributed by atoms with Crippen LogP contribution in [0.1, 0.15) is 121 Å². The minimum atomic E-state index is 0. The molecule has 1 aromatic carbocycles. The first-order valence-electron chi connectivity index (χ1n) is 14.2.